The van der Waals surface area contributed by atoms with E-state index < -0.39 is 0 Å². The Bertz CT molecular complexity index is 543. The Balaban J connectivity index is 0.00000288. The van der Waals surface area contributed by atoms with Crippen LogP contribution >= 0.6 is 12.4 Å². The summed E-state index contributed by atoms with van der Waals surface area (Å²) in [6.07, 6.45) is 3.74. The second-order valence-electron chi connectivity index (χ2n) is 6.11. The molecule has 2 N–H and O–H groups in total. The van der Waals surface area contributed by atoms with Crippen LogP contribution in [-0.4, -0.2) is 43.4 Å². The van der Waals surface area contributed by atoms with Crippen molar-refractivity contribution in [3.05, 3.63) is 29.8 Å². The van der Waals surface area contributed by atoms with E-state index in [4.69, 9.17) is 0 Å². The zero-order chi connectivity index (χ0) is 16.7. The smallest absolute Gasteiger partial charge is 0.253 e. The highest BCUT2D eigenvalue weighted by Crippen LogP contribution is 2.22. The summed E-state index contributed by atoms with van der Waals surface area (Å²) >= 11 is 0. The lowest BCUT2D eigenvalue weighted by molar-refractivity contribution is -0.115. The van der Waals surface area contributed by atoms with E-state index in [0.717, 1.165) is 32.5 Å². The minimum absolute atomic E-state index is 0. The van der Waals surface area contributed by atoms with Gasteiger partial charge >= 0.3 is 0 Å². The van der Waals surface area contributed by atoms with Crippen LogP contribution in [-0.2, 0) is 4.79 Å². The van der Waals surface area contributed by atoms with Crippen molar-refractivity contribution in [1.29, 1.82) is 0 Å². The van der Waals surface area contributed by atoms with E-state index in [1.54, 1.807) is 6.07 Å². The quantitative estimate of drug-likeness (QED) is 0.826. The van der Waals surface area contributed by atoms with Gasteiger partial charge in [-0.25, -0.2) is 0 Å². The van der Waals surface area contributed by atoms with Crippen molar-refractivity contribution in [1.82, 2.24) is 10.2 Å². The monoisotopic (exact) mass is 353 g/mol. The molecule has 1 fully saturated rings. The van der Waals surface area contributed by atoms with Gasteiger partial charge in [-0.2, -0.15) is 0 Å². The van der Waals surface area contributed by atoms with Crippen LogP contribution in [0, 0.1) is 5.92 Å². The second-order valence-corrected chi connectivity index (χ2v) is 6.11. The number of nitrogens with one attached hydrogen (secondary N) is 2. The summed E-state index contributed by atoms with van der Waals surface area (Å²) in [6.45, 7) is 4.48. The van der Waals surface area contributed by atoms with Crippen molar-refractivity contribution >= 4 is 29.9 Å². The highest BCUT2D eigenvalue weighted by atomic mass is 35.5. The summed E-state index contributed by atoms with van der Waals surface area (Å²) in [5.41, 5.74) is 1.33. The summed E-state index contributed by atoms with van der Waals surface area (Å²) in [6, 6.07) is 7.21. The van der Waals surface area contributed by atoms with Crippen LogP contribution in [0.5, 0.6) is 0 Å². The molecule has 1 aliphatic rings. The Morgan fingerprint density at radius 2 is 1.96 bits per heavy atom. The third kappa shape index (κ3) is 5.80. The van der Waals surface area contributed by atoms with Gasteiger partial charge in [0.1, 0.15) is 0 Å². The molecule has 134 valence electrons. The molecule has 5 nitrogen and oxygen atoms in total. The van der Waals surface area contributed by atoms with E-state index in [-0.39, 0.29) is 24.2 Å². The van der Waals surface area contributed by atoms with Crippen molar-refractivity contribution < 1.29 is 9.59 Å². The van der Waals surface area contributed by atoms with Gasteiger partial charge < -0.3 is 15.5 Å². The SMILES string of the molecule is CCC(=O)Nc1cccc(C(=O)N2CCC(CCNC)CC2)c1.Cl. The molecular weight excluding hydrogens is 326 g/mol. The summed E-state index contributed by atoms with van der Waals surface area (Å²) in [5, 5.41) is 5.99. The molecule has 0 bridgehead atoms. The van der Waals surface area contributed by atoms with Crippen LogP contribution < -0.4 is 10.6 Å². The number of carbonyl (C=O) groups excluding carboxylic acids is 2. The van der Waals surface area contributed by atoms with Crippen molar-refractivity contribution in [3.63, 3.8) is 0 Å². The zero-order valence-corrected chi connectivity index (χ0v) is 15.3. The first kappa shape index (κ1) is 20.5. The van der Waals surface area contributed by atoms with Crippen LogP contribution in [0.2, 0.25) is 0 Å². The summed E-state index contributed by atoms with van der Waals surface area (Å²) < 4.78 is 0. The van der Waals surface area contributed by atoms with Gasteiger partial charge in [-0.15, -0.1) is 12.4 Å². The number of halogens is 1. The molecule has 6 heteroatoms. The maximum Gasteiger partial charge on any atom is 0.253 e. The topological polar surface area (TPSA) is 61.4 Å². The molecular formula is C18H28ClN3O2. The molecule has 0 atom stereocenters. The Hall–Kier alpha value is -1.59. The highest BCUT2D eigenvalue weighted by molar-refractivity contribution is 5.97. The number of nitrogens with zero attached hydrogens (tertiary/aromatic N) is 1. The lowest BCUT2D eigenvalue weighted by atomic mass is 9.93. The zero-order valence-electron chi connectivity index (χ0n) is 14.5. The molecule has 0 aromatic heterocycles. The Kier molecular flexibility index (Phi) is 8.79. The molecule has 1 aromatic carbocycles. The van der Waals surface area contributed by atoms with Gasteiger partial charge in [0, 0.05) is 30.8 Å². The van der Waals surface area contributed by atoms with Crippen molar-refractivity contribution in [2.45, 2.75) is 32.6 Å². The fourth-order valence-corrected chi connectivity index (χ4v) is 2.94. The van der Waals surface area contributed by atoms with E-state index >= 15 is 0 Å². The van der Waals surface area contributed by atoms with Crippen LogP contribution in [0.4, 0.5) is 5.69 Å². The fourth-order valence-electron chi connectivity index (χ4n) is 2.94. The molecule has 0 aliphatic carbocycles. The third-order valence-corrected chi connectivity index (χ3v) is 4.42. The van der Waals surface area contributed by atoms with Gasteiger partial charge in [0.25, 0.3) is 5.91 Å². The highest BCUT2D eigenvalue weighted by Gasteiger charge is 2.23. The third-order valence-electron chi connectivity index (χ3n) is 4.42. The number of benzene rings is 1. The van der Waals surface area contributed by atoms with Crippen LogP contribution in [0.15, 0.2) is 24.3 Å². The number of piperidine rings is 1. The number of anilines is 1. The molecule has 24 heavy (non-hydrogen) atoms. The van der Waals surface area contributed by atoms with E-state index in [1.165, 1.54) is 6.42 Å². The first-order valence-electron chi connectivity index (χ1n) is 8.47. The maximum absolute atomic E-state index is 12.6. The Morgan fingerprint density at radius 1 is 1.25 bits per heavy atom. The summed E-state index contributed by atoms with van der Waals surface area (Å²) in [5.74, 6) is 0.728. The number of likely N-dealkylation sites (tertiary alicyclic amines) is 1. The normalized spacial score (nSPS) is 14.8. The molecule has 2 rings (SSSR count). The van der Waals surface area contributed by atoms with Crippen LogP contribution in [0.1, 0.15) is 43.0 Å². The Labute approximate surface area is 150 Å². The van der Waals surface area contributed by atoms with Gasteiger partial charge in [0.2, 0.25) is 5.91 Å². The molecule has 1 aliphatic heterocycles. The molecule has 0 spiro atoms. The number of hydrogen-bond acceptors (Lipinski definition) is 3. The average Bonchev–Trinajstić information content (AvgIpc) is 2.60. The molecule has 1 aromatic rings. The number of rotatable bonds is 6. The molecule has 1 saturated heterocycles. The van der Waals surface area contributed by atoms with Gasteiger partial charge in [-0.3, -0.25) is 9.59 Å². The molecule has 0 radical (unpaired) electrons. The van der Waals surface area contributed by atoms with Gasteiger partial charge in [0.05, 0.1) is 0 Å². The predicted molar refractivity (Wildman–Crippen MR) is 99.8 cm³/mol. The van der Waals surface area contributed by atoms with Crippen molar-refractivity contribution in [3.8, 4) is 0 Å². The van der Waals surface area contributed by atoms with Gasteiger partial charge in [-0.05, 0) is 57.0 Å². The van der Waals surface area contributed by atoms with Gasteiger partial charge in [0.15, 0.2) is 0 Å². The Morgan fingerprint density at radius 3 is 2.58 bits per heavy atom. The van der Waals surface area contributed by atoms with Crippen molar-refractivity contribution in [2.75, 3.05) is 32.0 Å². The first-order chi connectivity index (χ1) is 11.1. The average molecular weight is 354 g/mol. The van der Waals surface area contributed by atoms with E-state index in [9.17, 15) is 9.59 Å². The lowest BCUT2D eigenvalue weighted by Crippen LogP contribution is -2.39. The largest absolute Gasteiger partial charge is 0.339 e. The number of hydrogen-bond donors (Lipinski definition) is 2. The molecule has 0 saturated carbocycles. The fraction of sp³-hybridized carbons (Fsp3) is 0.556. The number of carbonyl (C=O) groups is 2. The van der Waals surface area contributed by atoms with E-state index in [1.807, 2.05) is 37.1 Å². The van der Waals surface area contributed by atoms with Crippen LogP contribution in [0.3, 0.4) is 0 Å². The van der Waals surface area contributed by atoms with Crippen molar-refractivity contribution in [2.24, 2.45) is 5.92 Å². The van der Waals surface area contributed by atoms with E-state index in [2.05, 4.69) is 10.6 Å². The number of amides is 2. The summed E-state index contributed by atoms with van der Waals surface area (Å²) in [4.78, 5) is 26.0. The maximum atomic E-state index is 12.6. The van der Waals surface area contributed by atoms with Crippen LogP contribution in [0.25, 0.3) is 0 Å². The molecule has 1 heterocycles. The lowest BCUT2D eigenvalue weighted by Gasteiger charge is -2.32. The molecule has 0 unspecified atom stereocenters. The second kappa shape index (κ2) is 10.3. The van der Waals surface area contributed by atoms with Gasteiger partial charge in [-0.1, -0.05) is 13.0 Å². The minimum atomic E-state index is -0.0417. The molecule has 2 amide bonds. The van der Waals surface area contributed by atoms with E-state index in [0.29, 0.717) is 23.6 Å². The first-order valence-corrected chi connectivity index (χ1v) is 8.47. The minimum Gasteiger partial charge on any atom is -0.339 e. The summed E-state index contributed by atoms with van der Waals surface area (Å²) in [7, 11) is 1.98. The standard InChI is InChI=1S/C18H27N3O2.ClH/c1-3-17(22)20-16-6-4-5-15(13-16)18(23)21-11-8-14(9-12-21)7-10-19-2;/h4-6,13-14,19H,3,7-12H2,1-2H3,(H,20,22);1H. The predicted octanol–water partition coefficient (Wildman–Crippen LogP) is 2.92.